The summed E-state index contributed by atoms with van der Waals surface area (Å²) < 4.78 is 22.5. The first kappa shape index (κ1) is 91.9. The minimum absolute atomic E-state index is 0.0315. The standard InChI is InChI=1S/4C27H28N2O3/c4*30-26(28-24-15-17-29(18-16-24)19-21-7-3-1-4-8-21)20-32-25-13-11-23(12-14-25)27(31)22-9-5-2-6-10-22/h4*1-14,24H,15-20H2,(H,28,30). The molecule has 0 radical (unpaired) electrons. The Hall–Kier alpha value is -13.8. The van der Waals surface area contributed by atoms with Crippen LogP contribution in [0.2, 0.25) is 0 Å². The highest BCUT2D eigenvalue weighted by Crippen LogP contribution is 2.24. The number of piperidine rings is 4. The molecule has 12 aromatic rings. The van der Waals surface area contributed by atoms with Crippen molar-refractivity contribution < 1.29 is 57.3 Å². The molecule has 20 heteroatoms. The van der Waals surface area contributed by atoms with E-state index < -0.39 is 0 Å². The summed E-state index contributed by atoms with van der Waals surface area (Å²) in [5.41, 5.74) is 10.2. The largest absolute Gasteiger partial charge is 0.484 e. The van der Waals surface area contributed by atoms with Crippen LogP contribution in [0.4, 0.5) is 0 Å². The summed E-state index contributed by atoms with van der Waals surface area (Å²) in [4.78, 5) is 109. The van der Waals surface area contributed by atoms with Gasteiger partial charge < -0.3 is 40.2 Å². The van der Waals surface area contributed by atoms with Gasteiger partial charge in [0.05, 0.1) is 0 Å². The summed E-state index contributed by atoms with van der Waals surface area (Å²) in [6.45, 7) is 11.4. The van der Waals surface area contributed by atoms with Crippen molar-refractivity contribution in [2.45, 2.75) is 102 Å². The van der Waals surface area contributed by atoms with Gasteiger partial charge in [-0.3, -0.25) is 58.0 Å². The summed E-state index contributed by atoms with van der Waals surface area (Å²) in [5.74, 6) is 1.69. The van der Waals surface area contributed by atoms with Gasteiger partial charge in [0, 0.05) is 147 Å². The average Bonchev–Trinajstić information content (AvgIpc) is 0.859. The van der Waals surface area contributed by atoms with Crippen LogP contribution in [0.3, 0.4) is 0 Å². The molecule has 16 rings (SSSR count). The van der Waals surface area contributed by atoms with Gasteiger partial charge in [0.1, 0.15) is 23.0 Å². The predicted octanol–water partition coefficient (Wildman–Crippen LogP) is 16.3. The van der Waals surface area contributed by atoms with E-state index in [1.165, 1.54) is 22.3 Å². The van der Waals surface area contributed by atoms with Gasteiger partial charge in [0.25, 0.3) is 23.6 Å². The molecule has 12 aromatic carbocycles. The number of ether oxygens (including phenoxy) is 4. The number of hydrogen-bond donors (Lipinski definition) is 4. The van der Waals surface area contributed by atoms with Crippen molar-refractivity contribution in [3.8, 4) is 23.0 Å². The number of benzene rings is 12. The smallest absolute Gasteiger partial charge is 0.258 e. The first-order valence-corrected chi connectivity index (χ1v) is 44.2. The molecule has 0 unspecified atom stereocenters. The number of carbonyl (C=O) groups is 8. The second-order valence-corrected chi connectivity index (χ2v) is 32.4. The number of hydrogen-bond acceptors (Lipinski definition) is 16. The zero-order valence-corrected chi connectivity index (χ0v) is 72.3. The Kier molecular flexibility index (Phi) is 35.3. The van der Waals surface area contributed by atoms with Crippen molar-refractivity contribution >= 4 is 46.8 Å². The highest BCUT2D eigenvalue weighted by Gasteiger charge is 2.27. The maximum atomic E-state index is 12.5. The van der Waals surface area contributed by atoms with E-state index in [1.54, 1.807) is 146 Å². The number of amides is 4. The number of carbonyl (C=O) groups excluding carboxylic acids is 8. The Balaban J connectivity index is 0.000000146. The van der Waals surface area contributed by atoms with Crippen molar-refractivity contribution in [3.05, 3.63) is 406 Å². The van der Waals surface area contributed by atoms with Crippen molar-refractivity contribution in [2.24, 2.45) is 0 Å². The highest BCUT2D eigenvalue weighted by molar-refractivity contribution is 6.11. The second kappa shape index (κ2) is 49.2. The van der Waals surface area contributed by atoms with Gasteiger partial charge in [0.2, 0.25) is 0 Å². The fraction of sp³-hybridized carbons (Fsp3) is 0.259. The number of ketones is 4. The number of rotatable bonds is 32. The Morgan fingerprint density at radius 3 is 0.516 bits per heavy atom. The topological polar surface area (TPSA) is 235 Å². The molecule has 128 heavy (non-hydrogen) atoms. The van der Waals surface area contributed by atoms with E-state index in [0.29, 0.717) is 67.5 Å². The monoisotopic (exact) mass is 1710 g/mol. The van der Waals surface area contributed by atoms with E-state index in [4.69, 9.17) is 18.9 Å². The summed E-state index contributed by atoms with van der Waals surface area (Å²) >= 11 is 0. The van der Waals surface area contributed by atoms with E-state index >= 15 is 0 Å². The molecule has 4 aliphatic rings. The predicted molar refractivity (Wildman–Crippen MR) is 499 cm³/mol. The Labute approximate surface area is 750 Å². The van der Waals surface area contributed by atoms with Gasteiger partial charge in [-0.25, -0.2) is 0 Å². The van der Waals surface area contributed by atoms with Crippen LogP contribution in [0, 0.1) is 0 Å². The maximum absolute atomic E-state index is 12.5. The number of nitrogens with one attached hydrogen (secondary N) is 4. The van der Waals surface area contributed by atoms with Gasteiger partial charge in [-0.1, -0.05) is 243 Å². The van der Waals surface area contributed by atoms with Crippen LogP contribution in [-0.4, -0.2) is 169 Å². The summed E-state index contributed by atoms with van der Waals surface area (Å²) in [6.07, 6.45) is 7.51. The molecule has 0 spiro atoms. The molecule has 0 atom stereocenters. The lowest BCUT2D eigenvalue weighted by Crippen LogP contribution is -2.45. The SMILES string of the molecule is O=C(COc1ccc(C(=O)c2ccccc2)cc1)NC1CCN(Cc2ccccc2)CC1.O=C(COc1ccc(C(=O)c2ccccc2)cc1)NC1CCN(Cc2ccccc2)CC1.O=C(COc1ccc(C(=O)c2ccccc2)cc1)NC1CCN(Cc2ccccc2)CC1.O=C(COc1ccc(C(=O)c2ccccc2)cc1)NC1CCN(Cc2ccccc2)CC1. The summed E-state index contributed by atoms with van der Waals surface area (Å²) in [6, 6.07) is 107. The zero-order chi connectivity index (χ0) is 88.7. The van der Waals surface area contributed by atoms with Gasteiger partial charge >= 0.3 is 0 Å². The molecular formula is C108H112N8O12. The molecular weight excluding hydrogens is 1600 g/mol. The van der Waals surface area contributed by atoms with E-state index in [9.17, 15) is 38.4 Å². The van der Waals surface area contributed by atoms with E-state index in [1.807, 2.05) is 97.1 Å². The molecule has 0 saturated carbocycles. The fourth-order valence-corrected chi connectivity index (χ4v) is 15.8. The molecule has 4 N–H and O–H groups in total. The minimum Gasteiger partial charge on any atom is -0.484 e. The summed E-state index contributed by atoms with van der Waals surface area (Å²) in [7, 11) is 0. The van der Waals surface area contributed by atoms with Crippen molar-refractivity contribution in [1.82, 2.24) is 40.9 Å². The molecule has 0 aliphatic carbocycles. The Morgan fingerprint density at radius 2 is 0.352 bits per heavy atom. The van der Waals surface area contributed by atoms with Crippen LogP contribution >= 0.6 is 0 Å². The van der Waals surface area contributed by atoms with Gasteiger partial charge in [0.15, 0.2) is 49.6 Å². The lowest BCUT2D eigenvalue weighted by molar-refractivity contribution is -0.124. The van der Waals surface area contributed by atoms with Crippen LogP contribution in [0.1, 0.15) is 137 Å². The van der Waals surface area contributed by atoms with Crippen molar-refractivity contribution in [1.29, 1.82) is 0 Å². The quantitative estimate of drug-likeness (QED) is 0.0287. The van der Waals surface area contributed by atoms with Gasteiger partial charge in [-0.15, -0.1) is 0 Å². The summed E-state index contributed by atoms with van der Waals surface area (Å²) in [5, 5.41) is 12.3. The second-order valence-electron chi connectivity index (χ2n) is 32.4. The van der Waals surface area contributed by atoms with Crippen LogP contribution in [-0.2, 0) is 45.4 Å². The highest BCUT2D eigenvalue weighted by atomic mass is 16.5. The van der Waals surface area contributed by atoms with Crippen LogP contribution < -0.4 is 40.2 Å². The Bertz CT molecular complexity index is 4730. The molecule has 656 valence electrons. The fourth-order valence-electron chi connectivity index (χ4n) is 15.8. The molecule has 4 heterocycles. The average molecular weight is 1710 g/mol. The molecule has 4 saturated heterocycles. The zero-order valence-electron chi connectivity index (χ0n) is 72.3. The van der Waals surface area contributed by atoms with Crippen molar-refractivity contribution in [3.63, 3.8) is 0 Å². The van der Waals surface area contributed by atoms with Crippen LogP contribution in [0.15, 0.2) is 340 Å². The number of likely N-dealkylation sites (tertiary alicyclic amines) is 4. The lowest BCUT2D eigenvalue weighted by Gasteiger charge is -2.32. The number of nitrogens with zero attached hydrogens (tertiary/aromatic N) is 4. The van der Waals surface area contributed by atoms with Crippen LogP contribution in [0.5, 0.6) is 23.0 Å². The lowest BCUT2D eigenvalue weighted by atomic mass is 10.0. The molecule has 0 aromatic heterocycles. The molecule has 4 amide bonds. The Morgan fingerprint density at radius 1 is 0.203 bits per heavy atom. The van der Waals surface area contributed by atoms with E-state index in [0.717, 1.165) is 130 Å². The van der Waals surface area contributed by atoms with Gasteiger partial charge in [-0.05, 0) is 171 Å². The minimum atomic E-state index is -0.115. The van der Waals surface area contributed by atoms with Gasteiger partial charge in [-0.2, -0.15) is 0 Å². The maximum Gasteiger partial charge on any atom is 0.258 e. The third-order valence-corrected chi connectivity index (χ3v) is 22.9. The van der Waals surface area contributed by atoms with Crippen molar-refractivity contribution in [2.75, 3.05) is 78.8 Å². The molecule has 20 nitrogen and oxygen atoms in total. The molecule has 4 fully saturated rings. The third-order valence-electron chi connectivity index (χ3n) is 22.9. The first-order valence-electron chi connectivity index (χ1n) is 44.2. The first-order chi connectivity index (χ1) is 62.7. The molecule has 4 aliphatic heterocycles. The third kappa shape index (κ3) is 30.3. The molecule has 0 bridgehead atoms. The van der Waals surface area contributed by atoms with E-state index in [2.05, 4.69) is 138 Å². The van der Waals surface area contributed by atoms with E-state index in [-0.39, 0.29) is 97.4 Å². The van der Waals surface area contributed by atoms with Crippen LogP contribution in [0.25, 0.3) is 0 Å². The normalized spacial score (nSPS) is 14.6.